The molecule has 1 atom stereocenters. The molecule has 1 unspecified atom stereocenters. The Bertz CT molecular complexity index is 453. The first kappa shape index (κ1) is 15.2. The molecule has 3 nitrogen and oxygen atoms in total. The van der Waals surface area contributed by atoms with Crippen LogP contribution in [0.25, 0.3) is 0 Å². The second kappa shape index (κ2) is 7.02. The molecule has 0 saturated carbocycles. The second-order valence-electron chi connectivity index (χ2n) is 4.82. The topological polar surface area (TPSA) is 29.5 Å². The molecule has 1 aliphatic rings. The third-order valence-corrected chi connectivity index (χ3v) is 4.27. The van der Waals surface area contributed by atoms with Crippen molar-refractivity contribution in [2.75, 3.05) is 18.4 Å². The number of carbonyl (C=O) groups excluding carboxylic acids is 1. The van der Waals surface area contributed by atoms with Crippen LogP contribution in [0.2, 0.25) is 0 Å². The highest BCUT2D eigenvalue weighted by Crippen LogP contribution is 2.21. The quantitative estimate of drug-likeness (QED) is 0.779. The maximum Gasteiger partial charge on any atom is 0.387 e. The minimum absolute atomic E-state index is 0.0563. The number of alkyl halides is 3. The molecule has 1 amide bonds. The van der Waals surface area contributed by atoms with E-state index < -0.39 is 6.61 Å². The highest BCUT2D eigenvalue weighted by molar-refractivity contribution is 9.09. The third-order valence-electron chi connectivity index (χ3n) is 3.35. The maximum absolute atomic E-state index is 12.3. The zero-order valence-corrected chi connectivity index (χ0v) is 12.5. The summed E-state index contributed by atoms with van der Waals surface area (Å²) in [6, 6.07) is 5.84. The van der Waals surface area contributed by atoms with Gasteiger partial charge in [-0.25, -0.2) is 0 Å². The molecule has 0 spiro atoms. The Labute approximate surface area is 125 Å². The summed E-state index contributed by atoms with van der Waals surface area (Å²) < 4.78 is 28.4. The SMILES string of the molecule is O=C(c1ccc(OC(F)F)cc1)N1CCCC(CBr)C1. The highest BCUT2D eigenvalue weighted by Gasteiger charge is 2.23. The van der Waals surface area contributed by atoms with Crippen molar-refractivity contribution in [2.45, 2.75) is 19.5 Å². The first-order chi connectivity index (χ1) is 9.60. The number of piperidine rings is 1. The molecule has 1 aromatic rings. The van der Waals surface area contributed by atoms with Crippen LogP contribution < -0.4 is 4.74 Å². The van der Waals surface area contributed by atoms with Gasteiger partial charge in [0, 0.05) is 24.0 Å². The van der Waals surface area contributed by atoms with Crippen LogP contribution in [-0.4, -0.2) is 35.8 Å². The molecule has 1 aliphatic heterocycles. The van der Waals surface area contributed by atoms with Gasteiger partial charge in [0.2, 0.25) is 0 Å². The highest BCUT2D eigenvalue weighted by atomic mass is 79.9. The predicted molar refractivity (Wildman–Crippen MR) is 75.5 cm³/mol. The lowest BCUT2D eigenvalue weighted by atomic mass is 9.99. The number of benzene rings is 1. The van der Waals surface area contributed by atoms with Crippen LogP contribution in [-0.2, 0) is 0 Å². The Morgan fingerprint density at radius 2 is 2.10 bits per heavy atom. The van der Waals surface area contributed by atoms with Crippen molar-refractivity contribution >= 4 is 21.8 Å². The van der Waals surface area contributed by atoms with Crippen molar-refractivity contribution in [3.63, 3.8) is 0 Å². The Balaban J connectivity index is 2.01. The molecule has 20 heavy (non-hydrogen) atoms. The van der Waals surface area contributed by atoms with E-state index in [1.807, 2.05) is 4.90 Å². The van der Waals surface area contributed by atoms with Gasteiger partial charge in [-0.3, -0.25) is 4.79 Å². The molecule has 0 aromatic heterocycles. The van der Waals surface area contributed by atoms with Gasteiger partial charge in [-0.1, -0.05) is 15.9 Å². The molecular weight excluding hydrogens is 332 g/mol. The van der Waals surface area contributed by atoms with Crippen LogP contribution in [0.1, 0.15) is 23.2 Å². The summed E-state index contributed by atoms with van der Waals surface area (Å²) >= 11 is 3.45. The van der Waals surface area contributed by atoms with E-state index in [0.717, 1.165) is 31.3 Å². The average Bonchev–Trinajstić information content (AvgIpc) is 2.47. The third kappa shape index (κ3) is 3.91. The van der Waals surface area contributed by atoms with Crippen LogP contribution in [0.3, 0.4) is 0 Å². The predicted octanol–water partition coefficient (Wildman–Crippen LogP) is 3.54. The number of carbonyl (C=O) groups is 1. The Morgan fingerprint density at radius 1 is 1.40 bits per heavy atom. The van der Waals surface area contributed by atoms with Gasteiger partial charge in [0.15, 0.2) is 0 Å². The summed E-state index contributed by atoms with van der Waals surface area (Å²) in [6.45, 7) is -1.37. The molecule has 2 rings (SSSR count). The van der Waals surface area contributed by atoms with Gasteiger partial charge in [0.05, 0.1) is 0 Å². The van der Waals surface area contributed by atoms with Gasteiger partial charge in [0.25, 0.3) is 5.91 Å². The van der Waals surface area contributed by atoms with Crippen LogP contribution >= 0.6 is 15.9 Å². The minimum atomic E-state index is -2.85. The number of halogens is 3. The fourth-order valence-electron chi connectivity index (χ4n) is 2.34. The lowest BCUT2D eigenvalue weighted by molar-refractivity contribution is -0.0498. The van der Waals surface area contributed by atoms with Gasteiger partial charge in [-0.05, 0) is 43.0 Å². The monoisotopic (exact) mass is 347 g/mol. The Morgan fingerprint density at radius 3 is 2.70 bits per heavy atom. The van der Waals surface area contributed by atoms with Crippen LogP contribution in [0, 0.1) is 5.92 Å². The van der Waals surface area contributed by atoms with Gasteiger partial charge in [0.1, 0.15) is 5.75 Å². The number of ether oxygens (including phenoxy) is 1. The molecule has 0 aliphatic carbocycles. The first-order valence-corrected chi connectivity index (χ1v) is 7.62. The van der Waals surface area contributed by atoms with Gasteiger partial charge < -0.3 is 9.64 Å². The average molecular weight is 348 g/mol. The standard InChI is InChI=1S/C14H16BrF2NO2/c15-8-10-2-1-7-18(9-10)13(19)11-3-5-12(6-4-11)20-14(16)17/h3-6,10,14H,1-2,7-9H2. The van der Waals surface area contributed by atoms with Crippen molar-refractivity contribution in [2.24, 2.45) is 5.92 Å². The van der Waals surface area contributed by atoms with Gasteiger partial charge >= 0.3 is 6.61 Å². The smallest absolute Gasteiger partial charge is 0.387 e. The van der Waals surface area contributed by atoms with Crippen LogP contribution in [0.5, 0.6) is 5.75 Å². The molecule has 0 N–H and O–H groups in total. The van der Waals surface area contributed by atoms with Crippen molar-refractivity contribution in [3.8, 4) is 5.75 Å². The van der Waals surface area contributed by atoms with E-state index in [2.05, 4.69) is 20.7 Å². The minimum Gasteiger partial charge on any atom is -0.435 e. The molecule has 1 heterocycles. The van der Waals surface area contributed by atoms with E-state index >= 15 is 0 Å². The number of nitrogens with zero attached hydrogens (tertiary/aromatic N) is 1. The zero-order valence-electron chi connectivity index (χ0n) is 10.9. The summed E-state index contributed by atoms with van der Waals surface area (Å²) in [5, 5.41) is 0.887. The van der Waals surface area contributed by atoms with Crippen molar-refractivity contribution in [1.82, 2.24) is 4.90 Å². The molecule has 6 heteroatoms. The van der Waals surface area contributed by atoms with E-state index in [1.165, 1.54) is 24.3 Å². The first-order valence-electron chi connectivity index (χ1n) is 6.50. The fourth-order valence-corrected chi connectivity index (χ4v) is 2.87. The summed E-state index contributed by atoms with van der Waals surface area (Å²) in [4.78, 5) is 14.1. The van der Waals surface area contributed by atoms with Crippen LogP contribution in [0.15, 0.2) is 24.3 Å². The largest absolute Gasteiger partial charge is 0.435 e. The molecule has 0 radical (unpaired) electrons. The lowest BCUT2D eigenvalue weighted by Crippen LogP contribution is -2.40. The number of likely N-dealkylation sites (tertiary alicyclic amines) is 1. The molecule has 110 valence electrons. The van der Waals surface area contributed by atoms with E-state index in [4.69, 9.17) is 0 Å². The van der Waals surface area contributed by atoms with Crippen molar-refractivity contribution in [3.05, 3.63) is 29.8 Å². The molecule has 1 aromatic carbocycles. The zero-order chi connectivity index (χ0) is 14.5. The number of hydrogen-bond donors (Lipinski definition) is 0. The van der Waals surface area contributed by atoms with E-state index in [9.17, 15) is 13.6 Å². The van der Waals surface area contributed by atoms with E-state index in [0.29, 0.717) is 11.5 Å². The number of rotatable bonds is 4. The van der Waals surface area contributed by atoms with Gasteiger partial charge in [-0.15, -0.1) is 0 Å². The van der Waals surface area contributed by atoms with Crippen molar-refractivity contribution < 1.29 is 18.3 Å². The molecular formula is C14H16BrF2NO2. The molecule has 1 saturated heterocycles. The second-order valence-corrected chi connectivity index (χ2v) is 5.46. The molecule has 1 fully saturated rings. The summed E-state index contributed by atoms with van der Waals surface area (Å²) in [7, 11) is 0. The maximum atomic E-state index is 12.3. The molecule has 0 bridgehead atoms. The number of amides is 1. The normalized spacial score (nSPS) is 19.2. The summed E-state index contributed by atoms with van der Waals surface area (Å²) in [5.41, 5.74) is 0.502. The van der Waals surface area contributed by atoms with Crippen LogP contribution in [0.4, 0.5) is 8.78 Å². The summed E-state index contributed by atoms with van der Waals surface area (Å²) in [6.07, 6.45) is 2.12. The van der Waals surface area contributed by atoms with E-state index in [-0.39, 0.29) is 11.7 Å². The number of hydrogen-bond acceptors (Lipinski definition) is 2. The van der Waals surface area contributed by atoms with Crippen molar-refractivity contribution in [1.29, 1.82) is 0 Å². The lowest BCUT2D eigenvalue weighted by Gasteiger charge is -2.32. The summed E-state index contributed by atoms with van der Waals surface area (Å²) in [5.74, 6) is 0.488. The fraction of sp³-hybridized carbons (Fsp3) is 0.500. The Kier molecular flexibility index (Phi) is 5.34. The van der Waals surface area contributed by atoms with Gasteiger partial charge in [-0.2, -0.15) is 8.78 Å². The van der Waals surface area contributed by atoms with E-state index in [1.54, 1.807) is 0 Å². The Hall–Kier alpha value is -1.17.